The molecule has 4 aromatic carbocycles. The zero-order valence-corrected chi connectivity index (χ0v) is 31.5. The van der Waals surface area contributed by atoms with Gasteiger partial charge in [-0.15, -0.1) is 0 Å². The van der Waals surface area contributed by atoms with E-state index >= 15 is 0 Å². The number of hydrogen-bond acceptors (Lipinski definition) is 3. The van der Waals surface area contributed by atoms with Gasteiger partial charge in [0.2, 0.25) is 11.6 Å². The Morgan fingerprint density at radius 1 is 0.824 bits per heavy atom. The van der Waals surface area contributed by atoms with Crippen LogP contribution in [0.15, 0.2) is 120 Å². The van der Waals surface area contributed by atoms with Crippen molar-refractivity contribution in [2.24, 2.45) is 5.84 Å². The molecule has 6 heteroatoms. The van der Waals surface area contributed by atoms with E-state index in [-0.39, 0.29) is 29.1 Å². The van der Waals surface area contributed by atoms with Gasteiger partial charge in [-0.2, -0.15) is 4.58 Å². The van der Waals surface area contributed by atoms with Crippen molar-refractivity contribution in [1.82, 2.24) is 5.43 Å². The van der Waals surface area contributed by atoms with E-state index in [1.807, 2.05) is 0 Å². The molecule has 0 saturated heterocycles. The van der Waals surface area contributed by atoms with Gasteiger partial charge in [0.1, 0.15) is 7.05 Å². The van der Waals surface area contributed by atoms with Crippen molar-refractivity contribution >= 4 is 44.5 Å². The number of allylic oxidation sites excluding steroid dienone is 8. The van der Waals surface area contributed by atoms with Crippen molar-refractivity contribution in [2.45, 2.75) is 83.5 Å². The molecule has 3 N–H and O–H groups in total. The molecular formula is C45H51ClN4O. The molecule has 0 saturated carbocycles. The summed E-state index contributed by atoms with van der Waals surface area (Å²) in [5.41, 5.74) is 12.9. The molecule has 264 valence electrons. The molecule has 7 rings (SSSR count). The first-order valence-corrected chi connectivity index (χ1v) is 18.3. The Hall–Kier alpha value is -4.45. The van der Waals surface area contributed by atoms with Gasteiger partial charge < -0.3 is 17.3 Å². The Morgan fingerprint density at radius 2 is 1.51 bits per heavy atom. The maximum atomic E-state index is 11.7. The predicted octanol–water partition coefficient (Wildman–Crippen LogP) is 6.83. The maximum Gasteiger partial charge on any atom is 0.233 e. The third-order valence-corrected chi connectivity index (χ3v) is 11.3. The van der Waals surface area contributed by atoms with Crippen molar-refractivity contribution in [1.29, 1.82) is 0 Å². The molecule has 2 aliphatic heterocycles. The zero-order valence-electron chi connectivity index (χ0n) is 30.7. The second-order valence-corrected chi connectivity index (χ2v) is 15.3. The van der Waals surface area contributed by atoms with Gasteiger partial charge in [0, 0.05) is 47.5 Å². The molecule has 0 spiro atoms. The smallest absolute Gasteiger partial charge is 0.233 e. The SMILES string of the molecule is C[N+]1=C(/C=C/C2=CC(=C/C=C3\N(CCCCCC(=O)NN)c4ccc5ccccc5c4C3(C)C)/CCC2)C(C)(C)c2c1ccc1ccccc21.[Cl-]. The number of rotatable bonds is 9. The molecule has 3 aliphatic rings. The lowest BCUT2D eigenvalue weighted by Gasteiger charge is -2.27. The Balaban J connectivity index is 0.00000448. The number of anilines is 1. The number of fused-ring (bicyclic) bond motifs is 6. The highest BCUT2D eigenvalue weighted by Gasteiger charge is 2.44. The maximum absolute atomic E-state index is 11.7. The van der Waals surface area contributed by atoms with Gasteiger partial charge >= 0.3 is 0 Å². The third kappa shape index (κ3) is 6.70. The first-order chi connectivity index (χ1) is 24.1. The number of benzene rings is 4. The molecule has 0 aromatic heterocycles. The minimum atomic E-state index is -0.151. The predicted molar refractivity (Wildman–Crippen MR) is 210 cm³/mol. The summed E-state index contributed by atoms with van der Waals surface area (Å²) in [5.74, 6) is 5.20. The number of halogens is 1. The first kappa shape index (κ1) is 36.3. The van der Waals surface area contributed by atoms with E-state index in [1.54, 1.807) is 0 Å². The van der Waals surface area contributed by atoms with Crippen LogP contribution in [0.3, 0.4) is 0 Å². The molecule has 1 amide bonds. The van der Waals surface area contributed by atoms with Crippen LogP contribution in [0.2, 0.25) is 0 Å². The van der Waals surface area contributed by atoms with Gasteiger partial charge in [-0.1, -0.05) is 93.1 Å². The van der Waals surface area contributed by atoms with Gasteiger partial charge in [0.15, 0.2) is 5.71 Å². The molecule has 51 heavy (non-hydrogen) atoms. The van der Waals surface area contributed by atoms with Crippen LogP contribution < -0.4 is 28.6 Å². The van der Waals surface area contributed by atoms with Crippen molar-refractivity contribution in [2.75, 3.05) is 18.5 Å². The monoisotopic (exact) mass is 698 g/mol. The van der Waals surface area contributed by atoms with Crippen LogP contribution in [0.1, 0.15) is 83.8 Å². The standard InChI is InChI=1S/C45H50N4O.ClH/c1-44(2)39(48(5)37-25-23-33-16-8-10-18-35(33)42(37)44)27-21-31-14-13-15-32(30-31)22-28-40-45(3,4)43-36-19-11-9-17-34(36)24-26-38(43)49(40)29-12-6-7-20-41(50)47-46;/h8-11,16-19,21-28,30H,6-7,12-15,20,29,46H2,1-5H3;1H. The fourth-order valence-corrected chi connectivity index (χ4v) is 8.79. The highest BCUT2D eigenvalue weighted by atomic mass is 35.5. The van der Waals surface area contributed by atoms with Crippen LogP contribution >= 0.6 is 0 Å². The molecule has 1 aliphatic carbocycles. The number of hydrazine groups is 1. The normalized spacial score (nSPS) is 19.2. The van der Waals surface area contributed by atoms with E-state index in [0.29, 0.717) is 6.42 Å². The third-order valence-electron chi connectivity index (χ3n) is 11.3. The lowest BCUT2D eigenvalue weighted by molar-refractivity contribution is -0.401. The molecule has 5 nitrogen and oxygen atoms in total. The molecule has 0 unspecified atom stereocenters. The number of nitrogens with two attached hydrogens (primary N) is 1. The number of nitrogens with one attached hydrogen (secondary N) is 1. The summed E-state index contributed by atoms with van der Waals surface area (Å²) in [4.78, 5) is 14.2. The summed E-state index contributed by atoms with van der Waals surface area (Å²) in [6.45, 7) is 10.4. The average molecular weight is 699 g/mol. The lowest BCUT2D eigenvalue weighted by Crippen LogP contribution is -3.00. The second-order valence-electron chi connectivity index (χ2n) is 15.3. The summed E-state index contributed by atoms with van der Waals surface area (Å²) < 4.78 is 2.38. The number of carbonyl (C=O) groups is 1. The van der Waals surface area contributed by atoms with Crippen molar-refractivity contribution in [3.05, 3.63) is 131 Å². The van der Waals surface area contributed by atoms with E-state index in [2.05, 4.69) is 153 Å². The van der Waals surface area contributed by atoms with E-state index in [1.165, 1.54) is 66.6 Å². The van der Waals surface area contributed by atoms with Gasteiger partial charge in [0.25, 0.3) is 0 Å². The summed E-state index contributed by atoms with van der Waals surface area (Å²) >= 11 is 0. The van der Waals surface area contributed by atoms with E-state index in [0.717, 1.165) is 45.1 Å². The highest BCUT2D eigenvalue weighted by Crippen LogP contribution is 2.51. The van der Waals surface area contributed by atoms with Crippen LogP contribution in [0.4, 0.5) is 11.4 Å². The van der Waals surface area contributed by atoms with Crippen molar-refractivity contribution < 1.29 is 21.8 Å². The summed E-state index contributed by atoms with van der Waals surface area (Å²) in [6, 6.07) is 26.6. The fraction of sp³-hybridized carbons (Fsp3) is 0.333. The lowest BCUT2D eigenvalue weighted by atomic mass is 9.79. The van der Waals surface area contributed by atoms with Crippen LogP contribution in [-0.2, 0) is 15.6 Å². The molecule has 0 atom stereocenters. The number of amides is 1. The number of unbranched alkanes of at least 4 members (excludes halogenated alkanes) is 2. The van der Waals surface area contributed by atoms with Crippen molar-refractivity contribution in [3.63, 3.8) is 0 Å². The van der Waals surface area contributed by atoms with Crippen LogP contribution in [-0.4, -0.2) is 29.8 Å². The van der Waals surface area contributed by atoms with Crippen LogP contribution in [0.25, 0.3) is 21.5 Å². The Bertz CT molecular complexity index is 2150. The summed E-state index contributed by atoms with van der Waals surface area (Å²) in [7, 11) is 2.21. The van der Waals surface area contributed by atoms with Gasteiger partial charge in [-0.25, -0.2) is 5.84 Å². The Labute approximate surface area is 309 Å². The molecular weight excluding hydrogens is 648 g/mol. The summed E-state index contributed by atoms with van der Waals surface area (Å²) in [5, 5.41) is 5.25. The number of carbonyl (C=O) groups excluding carboxylic acids is 1. The van der Waals surface area contributed by atoms with E-state index in [4.69, 9.17) is 5.84 Å². The van der Waals surface area contributed by atoms with Gasteiger partial charge in [-0.05, 0) is 102 Å². The quantitative estimate of drug-likeness (QED) is 0.0663. The van der Waals surface area contributed by atoms with E-state index < -0.39 is 0 Å². The minimum Gasteiger partial charge on any atom is -1.00 e. The van der Waals surface area contributed by atoms with Crippen molar-refractivity contribution in [3.8, 4) is 0 Å². The average Bonchev–Trinajstić information content (AvgIpc) is 3.46. The van der Waals surface area contributed by atoms with E-state index in [9.17, 15) is 4.79 Å². The zero-order chi connectivity index (χ0) is 35.0. The van der Waals surface area contributed by atoms with Gasteiger partial charge in [0.05, 0.1) is 5.41 Å². The molecule has 4 aromatic rings. The second kappa shape index (κ2) is 14.7. The Kier molecular flexibility index (Phi) is 10.4. The number of nitrogens with zero attached hydrogens (tertiary/aromatic N) is 2. The first-order valence-electron chi connectivity index (χ1n) is 18.3. The van der Waals surface area contributed by atoms with Crippen LogP contribution in [0.5, 0.6) is 0 Å². The topological polar surface area (TPSA) is 61.4 Å². The van der Waals surface area contributed by atoms with Crippen LogP contribution in [0, 0.1) is 0 Å². The molecule has 0 radical (unpaired) electrons. The minimum absolute atomic E-state index is 0. The summed E-state index contributed by atoms with van der Waals surface area (Å²) in [6.07, 6.45) is 18.5. The molecule has 2 heterocycles. The molecule has 0 bridgehead atoms. The largest absolute Gasteiger partial charge is 1.00 e. The Morgan fingerprint density at radius 3 is 2.24 bits per heavy atom. The highest BCUT2D eigenvalue weighted by molar-refractivity contribution is 6.07. The molecule has 0 fully saturated rings. The fourth-order valence-electron chi connectivity index (χ4n) is 8.79. The van der Waals surface area contributed by atoms with Gasteiger partial charge in [-0.3, -0.25) is 10.2 Å². The number of hydrogen-bond donors (Lipinski definition) is 2.